The summed E-state index contributed by atoms with van der Waals surface area (Å²) in [5.41, 5.74) is 4.50. The average molecular weight is 380 g/mol. The molecule has 1 heterocycles. The Hall–Kier alpha value is -2.85. The van der Waals surface area contributed by atoms with E-state index >= 15 is 0 Å². The van der Waals surface area contributed by atoms with E-state index in [9.17, 15) is 0 Å². The van der Waals surface area contributed by atoms with Crippen molar-refractivity contribution in [3.8, 4) is 6.01 Å². The number of aromatic nitrogens is 2. The molecule has 0 amide bonds. The average Bonchev–Trinajstić information content (AvgIpc) is 2.66. The van der Waals surface area contributed by atoms with Crippen molar-refractivity contribution in [2.75, 3.05) is 11.5 Å². The monoisotopic (exact) mass is 379 g/mol. The zero-order chi connectivity index (χ0) is 19.2. The Morgan fingerprint density at radius 3 is 2.70 bits per heavy atom. The first kappa shape index (κ1) is 18.9. The normalized spacial score (nSPS) is 10.5. The fourth-order valence-electron chi connectivity index (χ4n) is 2.84. The van der Waals surface area contributed by atoms with E-state index in [1.165, 1.54) is 11.1 Å². The first-order chi connectivity index (χ1) is 13.1. The largest absolute Gasteiger partial charge is 0.463 e. The summed E-state index contributed by atoms with van der Waals surface area (Å²) in [7, 11) is 0. The Balaban J connectivity index is 1.77. The molecule has 0 radical (unpaired) electrons. The predicted molar refractivity (Wildman–Crippen MR) is 111 cm³/mol. The lowest BCUT2D eigenvalue weighted by molar-refractivity contribution is 0.296. The van der Waals surface area contributed by atoms with Gasteiger partial charge in [0.05, 0.1) is 12.8 Å². The van der Waals surface area contributed by atoms with Gasteiger partial charge in [-0.2, -0.15) is 4.98 Å². The van der Waals surface area contributed by atoms with Gasteiger partial charge in [-0.15, -0.1) is 0 Å². The smallest absolute Gasteiger partial charge is 0.318 e. The van der Waals surface area contributed by atoms with E-state index < -0.39 is 0 Å². The van der Waals surface area contributed by atoms with Gasteiger partial charge in [-0.1, -0.05) is 66.2 Å². The summed E-state index contributed by atoms with van der Waals surface area (Å²) in [4.78, 5) is 10.5. The molecule has 0 N–H and O–H groups in total. The molecule has 1 aromatic heterocycles. The van der Waals surface area contributed by atoms with Gasteiger partial charge in [0.15, 0.2) is 5.82 Å². The second kappa shape index (κ2) is 8.69. The molecule has 0 spiro atoms. The number of hydrogen-bond acceptors (Lipinski definition) is 4. The first-order valence-electron chi connectivity index (χ1n) is 8.77. The van der Waals surface area contributed by atoms with Gasteiger partial charge in [0.25, 0.3) is 0 Å². The number of halogens is 1. The van der Waals surface area contributed by atoms with E-state index in [0.29, 0.717) is 23.5 Å². The molecular weight excluding hydrogens is 358 g/mol. The Morgan fingerprint density at radius 1 is 1.15 bits per heavy atom. The van der Waals surface area contributed by atoms with Crippen molar-refractivity contribution in [1.82, 2.24) is 9.97 Å². The van der Waals surface area contributed by atoms with E-state index in [1.54, 1.807) is 12.4 Å². The summed E-state index contributed by atoms with van der Waals surface area (Å²) in [6.07, 6.45) is 4.03. The lowest BCUT2D eigenvalue weighted by Crippen LogP contribution is -2.13. The van der Waals surface area contributed by atoms with Gasteiger partial charge in [0.1, 0.15) is 5.02 Å². The quantitative estimate of drug-likeness (QED) is 0.531. The molecule has 2 aromatic carbocycles. The molecule has 3 aromatic rings. The molecule has 0 fully saturated rings. The van der Waals surface area contributed by atoms with Crippen LogP contribution >= 0.6 is 11.6 Å². The van der Waals surface area contributed by atoms with Crippen molar-refractivity contribution in [1.29, 1.82) is 0 Å². The third-order valence-corrected chi connectivity index (χ3v) is 4.46. The van der Waals surface area contributed by atoms with Crippen LogP contribution in [0.15, 0.2) is 67.5 Å². The molecular formula is C22H22ClN3O. The van der Waals surface area contributed by atoms with Crippen LogP contribution in [0.3, 0.4) is 0 Å². The van der Waals surface area contributed by atoms with Gasteiger partial charge in [0, 0.05) is 18.3 Å². The van der Waals surface area contributed by atoms with Crippen molar-refractivity contribution in [2.45, 2.75) is 20.3 Å². The Labute approximate surface area is 165 Å². The second-order valence-corrected chi connectivity index (χ2v) is 6.66. The van der Waals surface area contributed by atoms with E-state index in [0.717, 1.165) is 17.7 Å². The number of ether oxygens (including phenoxy) is 1. The Morgan fingerprint density at radius 2 is 1.96 bits per heavy atom. The van der Waals surface area contributed by atoms with Crippen molar-refractivity contribution >= 4 is 23.1 Å². The first-order valence-corrected chi connectivity index (χ1v) is 9.14. The molecule has 0 bridgehead atoms. The van der Waals surface area contributed by atoms with Gasteiger partial charge < -0.3 is 9.64 Å². The summed E-state index contributed by atoms with van der Waals surface area (Å²) < 4.78 is 5.76. The second-order valence-electron chi connectivity index (χ2n) is 6.25. The standard InChI is InChI=1S/C22H22ClN3O/c1-4-26(20-11-6-5-9-17(20)3)21-19(23)15-24-22(25-21)27-13-12-18-10-7-8-16(2)14-18/h4-11,14-15H,1,12-13H2,2-3H3. The molecule has 0 atom stereocenters. The minimum atomic E-state index is 0.294. The zero-order valence-electron chi connectivity index (χ0n) is 15.5. The maximum absolute atomic E-state index is 6.35. The third kappa shape index (κ3) is 4.66. The highest BCUT2D eigenvalue weighted by Gasteiger charge is 2.15. The van der Waals surface area contributed by atoms with Crippen molar-refractivity contribution in [3.63, 3.8) is 0 Å². The third-order valence-electron chi connectivity index (χ3n) is 4.19. The fraction of sp³-hybridized carbons (Fsp3) is 0.182. The number of para-hydroxylation sites is 1. The summed E-state index contributed by atoms with van der Waals surface area (Å²) in [6, 6.07) is 16.6. The lowest BCUT2D eigenvalue weighted by Gasteiger charge is -2.22. The molecule has 3 rings (SSSR count). The lowest BCUT2D eigenvalue weighted by atomic mass is 10.1. The van der Waals surface area contributed by atoms with Gasteiger partial charge in [-0.25, -0.2) is 4.98 Å². The van der Waals surface area contributed by atoms with Crippen molar-refractivity contribution < 1.29 is 4.74 Å². The maximum atomic E-state index is 6.35. The minimum Gasteiger partial charge on any atom is -0.463 e. The molecule has 5 heteroatoms. The molecule has 0 saturated heterocycles. The number of aryl methyl sites for hydroxylation is 2. The predicted octanol–water partition coefficient (Wildman–Crippen LogP) is 5.65. The molecule has 0 aliphatic heterocycles. The molecule has 0 aliphatic carbocycles. The van der Waals surface area contributed by atoms with Gasteiger partial charge in [-0.3, -0.25) is 0 Å². The summed E-state index contributed by atoms with van der Waals surface area (Å²) >= 11 is 6.35. The van der Waals surface area contributed by atoms with Crippen LogP contribution in [0.1, 0.15) is 16.7 Å². The fourth-order valence-corrected chi connectivity index (χ4v) is 3.02. The van der Waals surface area contributed by atoms with Gasteiger partial charge in [0.2, 0.25) is 0 Å². The highest BCUT2D eigenvalue weighted by molar-refractivity contribution is 6.33. The van der Waals surface area contributed by atoms with E-state index in [2.05, 4.69) is 41.7 Å². The van der Waals surface area contributed by atoms with Crippen molar-refractivity contribution in [3.05, 3.63) is 89.2 Å². The molecule has 138 valence electrons. The summed E-state index contributed by atoms with van der Waals surface area (Å²) in [6.45, 7) is 8.50. The van der Waals surface area contributed by atoms with Crippen LogP contribution in [-0.2, 0) is 6.42 Å². The number of benzene rings is 2. The number of rotatable bonds is 7. The topological polar surface area (TPSA) is 38.2 Å². The number of anilines is 2. The Kier molecular flexibility index (Phi) is 6.09. The minimum absolute atomic E-state index is 0.294. The van der Waals surface area contributed by atoms with Gasteiger partial charge in [-0.05, 0) is 31.0 Å². The van der Waals surface area contributed by atoms with E-state index in [4.69, 9.17) is 16.3 Å². The van der Waals surface area contributed by atoms with Gasteiger partial charge >= 0.3 is 6.01 Å². The maximum Gasteiger partial charge on any atom is 0.318 e. The highest BCUT2D eigenvalue weighted by atomic mass is 35.5. The van der Waals surface area contributed by atoms with E-state index in [1.807, 2.05) is 42.2 Å². The van der Waals surface area contributed by atoms with Crippen LogP contribution in [0.2, 0.25) is 5.02 Å². The van der Waals surface area contributed by atoms with Crippen LogP contribution in [0.4, 0.5) is 11.5 Å². The summed E-state index contributed by atoms with van der Waals surface area (Å²) in [5, 5.41) is 0.434. The molecule has 0 saturated carbocycles. The van der Waals surface area contributed by atoms with Crippen LogP contribution in [0.25, 0.3) is 0 Å². The van der Waals surface area contributed by atoms with Crippen molar-refractivity contribution in [2.24, 2.45) is 0 Å². The Bertz CT molecular complexity index is 942. The van der Waals surface area contributed by atoms with Crippen LogP contribution < -0.4 is 9.64 Å². The molecule has 0 aliphatic rings. The number of hydrogen-bond donors (Lipinski definition) is 0. The highest BCUT2D eigenvalue weighted by Crippen LogP contribution is 2.32. The molecule has 4 nitrogen and oxygen atoms in total. The SMILES string of the molecule is C=CN(c1ccccc1C)c1nc(OCCc2cccc(C)c2)ncc1Cl. The molecule has 27 heavy (non-hydrogen) atoms. The van der Waals surface area contributed by atoms with Crippen LogP contribution in [0, 0.1) is 13.8 Å². The molecule has 0 unspecified atom stereocenters. The van der Waals surface area contributed by atoms with E-state index in [-0.39, 0.29) is 0 Å². The summed E-state index contributed by atoms with van der Waals surface area (Å²) in [5.74, 6) is 0.543. The number of nitrogens with zero attached hydrogens (tertiary/aromatic N) is 3. The zero-order valence-corrected chi connectivity index (χ0v) is 16.3. The van der Waals surface area contributed by atoms with Crippen LogP contribution in [-0.4, -0.2) is 16.6 Å². The van der Waals surface area contributed by atoms with Crippen LogP contribution in [0.5, 0.6) is 6.01 Å².